The van der Waals surface area contributed by atoms with Crippen LogP contribution < -0.4 is 5.32 Å². The third-order valence-corrected chi connectivity index (χ3v) is 2.95. The lowest BCUT2D eigenvalue weighted by atomic mass is 10.2. The standard InChI is InChI=1S/C17H15N3O/c1-13-4-6-14(7-5-13)19-17-18-11-10-15(20-17)8-9-16-3-2-12-21-16/h2-12H,1H3,(H,18,19,20)/b9-8+. The maximum atomic E-state index is 5.25. The van der Waals surface area contributed by atoms with E-state index in [-0.39, 0.29) is 0 Å². The molecule has 0 bridgehead atoms. The zero-order valence-corrected chi connectivity index (χ0v) is 11.7. The molecule has 0 atom stereocenters. The minimum atomic E-state index is 0.570. The summed E-state index contributed by atoms with van der Waals surface area (Å²) in [5, 5.41) is 3.19. The Morgan fingerprint density at radius 1 is 1.05 bits per heavy atom. The second-order valence-electron chi connectivity index (χ2n) is 4.64. The average molecular weight is 277 g/mol. The molecule has 3 rings (SSSR count). The first-order chi connectivity index (χ1) is 10.3. The van der Waals surface area contributed by atoms with Crippen molar-refractivity contribution in [2.45, 2.75) is 6.92 Å². The van der Waals surface area contributed by atoms with Crippen LogP contribution in [0, 0.1) is 6.92 Å². The molecule has 1 N–H and O–H groups in total. The summed E-state index contributed by atoms with van der Waals surface area (Å²) < 4.78 is 5.25. The van der Waals surface area contributed by atoms with E-state index in [1.165, 1.54) is 5.56 Å². The molecule has 2 aromatic heterocycles. The highest BCUT2D eigenvalue weighted by molar-refractivity contribution is 5.66. The fraction of sp³-hybridized carbons (Fsp3) is 0.0588. The zero-order chi connectivity index (χ0) is 14.5. The molecule has 0 aliphatic rings. The van der Waals surface area contributed by atoms with Gasteiger partial charge in [0.05, 0.1) is 12.0 Å². The van der Waals surface area contributed by atoms with Crippen molar-refractivity contribution in [2.75, 3.05) is 5.32 Å². The van der Waals surface area contributed by atoms with Gasteiger partial charge in [-0.25, -0.2) is 9.97 Å². The van der Waals surface area contributed by atoms with Gasteiger partial charge in [0, 0.05) is 11.9 Å². The van der Waals surface area contributed by atoms with E-state index >= 15 is 0 Å². The second-order valence-corrected chi connectivity index (χ2v) is 4.64. The van der Waals surface area contributed by atoms with Gasteiger partial charge in [0.1, 0.15) is 5.76 Å². The molecule has 21 heavy (non-hydrogen) atoms. The van der Waals surface area contributed by atoms with E-state index < -0.39 is 0 Å². The Morgan fingerprint density at radius 3 is 2.67 bits per heavy atom. The molecule has 104 valence electrons. The van der Waals surface area contributed by atoms with Crippen LogP contribution in [0.25, 0.3) is 12.2 Å². The average Bonchev–Trinajstić information content (AvgIpc) is 3.01. The number of aryl methyl sites for hydroxylation is 1. The fourth-order valence-electron chi connectivity index (χ4n) is 1.85. The molecule has 2 heterocycles. The van der Waals surface area contributed by atoms with Gasteiger partial charge in [0.15, 0.2) is 0 Å². The number of rotatable bonds is 4. The first-order valence-corrected chi connectivity index (χ1v) is 6.68. The summed E-state index contributed by atoms with van der Waals surface area (Å²) in [4.78, 5) is 8.66. The molecule has 4 nitrogen and oxygen atoms in total. The van der Waals surface area contributed by atoms with Crippen LogP contribution >= 0.6 is 0 Å². The van der Waals surface area contributed by atoms with Crippen molar-refractivity contribution in [3.05, 3.63) is 71.9 Å². The van der Waals surface area contributed by atoms with Gasteiger partial charge in [0.2, 0.25) is 5.95 Å². The minimum absolute atomic E-state index is 0.570. The highest BCUT2D eigenvalue weighted by Crippen LogP contribution is 2.14. The number of aromatic nitrogens is 2. The van der Waals surface area contributed by atoms with Gasteiger partial charge in [-0.2, -0.15) is 0 Å². The highest BCUT2D eigenvalue weighted by Gasteiger charge is 1.98. The van der Waals surface area contributed by atoms with Crippen LogP contribution in [0.5, 0.6) is 0 Å². The van der Waals surface area contributed by atoms with E-state index in [1.54, 1.807) is 12.5 Å². The van der Waals surface area contributed by atoms with E-state index in [1.807, 2.05) is 54.6 Å². The summed E-state index contributed by atoms with van der Waals surface area (Å²) in [7, 11) is 0. The predicted molar refractivity (Wildman–Crippen MR) is 84.1 cm³/mol. The van der Waals surface area contributed by atoms with Crippen molar-refractivity contribution >= 4 is 23.8 Å². The molecule has 1 aromatic carbocycles. The molecule has 0 radical (unpaired) electrons. The first kappa shape index (κ1) is 13.1. The van der Waals surface area contributed by atoms with E-state index in [9.17, 15) is 0 Å². The van der Waals surface area contributed by atoms with Gasteiger partial charge in [-0.1, -0.05) is 17.7 Å². The quantitative estimate of drug-likeness (QED) is 0.772. The van der Waals surface area contributed by atoms with Crippen molar-refractivity contribution < 1.29 is 4.42 Å². The topological polar surface area (TPSA) is 51.0 Å². The molecule has 0 aliphatic carbocycles. The Kier molecular flexibility index (Phi) is 3.78. The molecule has 0 amide bonds. The number of nitrogens with zero attached hydrogens (tertiary/aromatic N) is 2. The van der Waals surface area contributed by atoms with Crippen molar-refractivity contribution in [3.8, 4) is 0 Å². The summed E-state index contributed by atoms with van der Waals surface area (Å²) >= 11 is 0. The Hall–Kier alpha value is -2.88. The zero-order valence-electron chi connectivity index (χ0n) is 11.7. The molecular weight excluding hydrogens is 262 g/mol. The predicted octanol–water partition coefficient (Wildman–Crippen LogP) is 4.29. The lowest BCUT2D eigenvalue weighted by Gasteiger charge is -2.05. The fourth-order valence-corrected chi connectivity index (χ4v) is 1.85. The van der Waals surface area contributed by atoms with Crippen LogP contribution in [-0.2, 0) is 0 Å². The number of nitrogens with one attached hydrogen (secondary N) is 1. The molecule has 0 spiro atoms. The van der Waals surface area contributed by atoms with E-state index in [0.29, 0.717) is 5.95 Å². The van der Waals surface area contributed by atoms with Gasteiger partial charge in [-0.15, -0.1) is 0 Å². The lowest BCUT2D eigenvalue weighted by molar-refractivity contribution is 0.557. The largest absolute Gasteiger partial charge is 0.465 e. The van der Waals surface area contributed by atoms with Crippen molar-refractivity contribution in [1.29, 1.82) is 0 Å². The van der Waals surface area contributed by atoms with Crippen LogP contribution in [0.4, 0.5) is 11.6 Å². The summed E-state index contributed by atoms with van der Waals surface area (Å²) in [6, 6.07) is 13.7. The van der Waals surface area contributed by atoms with E-state index in [0.717, 1.165) is 17.1 Å². The SMILES string of the molecule is Cc1ccc(Nc2nccc(/C=C/c3ccco3)n2)cc1. The van der Waals surface area contributed by atoms with Gasteiger partial charge in [-0.3, -0.25) is 0 Å². The van der Waals surface area contributed by atoms with Gasteiger partial charge in [-0.05, 0) is 49.4 Å². The Morgan fingerprint density at radius 2 is 1.90 bits per heavy atom. The molecule has 0 unspecified atom stereocenters. The second kappa shape index (κ2) is 6.05. The van der Waals surface area contributed by atoms with Gasteiger partial charge >= 0.3 is 0 Å². The smallest absolute Gasteiger partial charge is 0.227 e. The van der Waals surface area contributed by atoms with Crippen LogP contribution in [0.1, 0.15) is 17.0 Å². The van der Waals surface area contributed by atoms with Gasteiger partial charge in [0.25, 0.3) is 0 Å². The Labute approximate surface area is 123 Å². The summed E-state index contributed by atoms with van der Waals surface area (Å²) in [6.45, 7) is 2.06. The minimum Gasteiger partial charge on any atom is -0.465 e. The molecule has 0 saturated carbocycles. The number of hydrogen-bond donors (Lipinski definition) is 1. The molecule has 0 fully saturated rings. The number of anilines is 2. The van der Waals surface area contributed by atoms with E-state index in [4.69, 9.17) is 4.42 Å². The molecular formula is C17H15N3O. The molecule has 3 aromatic rings. The monoisotopic (exact) mass is 277 g/mol. The maximum Gasteiger partial charge on any atom is 0.227 e. The van der Waals surface area contributed by atoms with Crippen molar-refractivity contribution in [1.82, 2.24) is 9.97 Å². The third kappa shape index (κ3) is 3.57. The Balaban J connectivity index is 1.75. The molecule has 0 aliphatic heterocycles. The highest BCUT2D eigenvalue weighted by atomic mass is 16.3. The summed E-state index contributed by atoms with van der Waals surface area (Å²) in [6.07, 6.45) is 7.13. The number of hydrogen-bond acceptors (Lipinski definition) is 4. The van der Waals surface area contributed by atoms with Crippen molar-refractivity contribution in [2.24, 2.45) is 0 Å². The molecule has 0 saturated heterocycles. The van der Waals surface area contributed by atoms with Crippen LogP contribution in [0.2, 0.25) is 0 Å². The Bertz CT molecular complexity index is 731. The van der Waals surface area contributed by atoms with Crippen LogP contribution in [0.15, 0.2) is 59.3 Å². The van der Waals surface area contributed by atoms with Gasteiger partial charge < -0.3 is 9.73 Å². The molecule has 4 heteroatoms. The number of benzene rings is 1. The lowest BCUT2D eigenvalue weighted by Crippen LogP contribution is -1.97. The summed E-state index contributed by atoms with van der Waals surface area (Å²) in [5.74, 6) is 1.36. The maximum absolute atomic E-state index is 5.25. The normalized spacial score (nSPS) is 10.9. The van der Waals surface area contributed by atoms with Crippen LogP contribution in [0.3, 0.4) is 0 Å². The van der Waals surface area contributed by atoms with Crippen LogP contribution in [-0.4, -0.2) is 9.97 Å². The number of furan rings is 1. The summed E-state index contributed by atoms with van der Waals surface area (Å²) in [5.41, 5.74) is 3.00. The third-order valence-electron chi connectivity index (χ3n) is 2.95. The van der Waals surface area contributed by atoms with E-state index in [2.05, 4.69) is 22.2 Å². The first-order valence-electron chi connectivity index (χ1n) is 6.68. The van der Waals surface area contributed by atoms with Crippen molar-refractivity contribution in [3.63, 3.8) is 0 Å².